The number of carbonyl (C=O) groups excluding carboxylic acids is 1. The smallest absolute Gasteiger partial charge is 0.416 e. The number of alkyl halides is 6. The summed E-state index contributed by atoms with van der Waals surface area (Å²) in [6.45, 7) is 1.41. The van der Waals surface area contributed by atoms with Crippen molar-refractivity contribution in [3.8, 4) is 5.82 Å². The molecule has 0 aliphatic heterocycles. The number of hydrogen-bond donors (Lipinski definition) is 2. The molecule has 36 heavy (non-hydrogen) atoms. The second kappa shape index (κ2) is 8.87. The molecule has 15 heteroatoms. The van der Waals surface area contributed by atoms with Crippen LogP contribution < -0.4 is 5.32 Å². The van der Waals surface area contributed by atoms with Gasteiger partial charge in [0.05, 0.1) is 29.6 Å². The van der Waals surface area contributed by atoms with Gasteiger partial charge in [-0.3, -0.25) is 4.79 Å². The van der Waals surface area contributed by atoms with Crippen molar-refractivity contribution in [2.24, 2.45) is 0 Å². The van der Waals surface area contributed by atoms with Gasteiger partial charge in [0.25, 0.3) is 5.91 Å². The van der Waals surface area contributed by atoms with E-state index >= 15 is 0 Å². The Morgan fingerprint density at radius 3 is 2.11 bits per heavy atom. The highest BCUT2D eigenvalue weighted by Gasteiger charge is 2.38. The Labute approximate surface area is 198 Å². The molecule has 1 atom stereocenters. The molecule has 1 unspecified atom stereocenters. The van der Waals surface area contributed by atoms with E-state index in [2.05, 4.69) is 25.4 Å². The van der Waals surface area contributed by atoms with Gasteiger partial charge in [0, 0.05) is 11.5 Å². The second-order valence-corrected chi connectivity index (χ2v) is 8.07. The predicted octanol–water partition coefficient (Wildman–Crippen LogP) is 4.16. The summed E-state index contributed by atoms with van der Waals surface area (Å²) in [7, 11) is 0. The molecule has 1 amide bonds. The lowest BCUT2D eigenvalue weighted by Crippen LogP contribution is -2.29. The SMILES string of the molecule is CC(NC(=O)c1cc(C(F)(F)F)cc(C(F)(F)F)c1)c1nc(C2CC2)nn1-c1cnc(C(=O)O)cn1. The molecule has 0 spiro atoms. The Balaban J connectivity index is 1.66. The van der Waals surface area contributed by atoms with Gasteiger partial charge >= 0.3 is 18.3 Å². The fourth-order valence-electron chi connectivity index (χ4n) is 3.28. The van der Waals surface area contributed by atoms with Gasteiger partial charge in [-0.25, -0.2) is 19.7 Å². The maximum absolute atomic E-state index is 13.2. The Kier molecular flexibility index (Phi) is 6.18. The number of rotatable bonds is 6. The van der Waals surface area contributed by atoms with Gasteiger partial charge in [-0.15, -0.1) is 5.10 Å². The summed E-state index contributed by atoms with van der Waals surface area (Å²) in [4.78, 5) is 35.8. The van der Waals surface area contributed by atoms with Crippen LogP contribution in [0, 0.1) is 0 Å². The molecular weight excluding hydrogens is 498 g/mol. The summed E-state index contributed by atoms with van der Waals surface area (Å²) in [5.41, 5.74) is -4.43. The van der Waals surface area contributed by atoms with Gasteiger partial charge in [-0.05, 0) is 38.0 Å². The first-order valence-electron chi connectivity index (χ1n) is 10.4. The molecule has 9 nitrogen and oxygen atoms in total. The van der Waals surface area contributed by atoms with Crippen LogP contribution in [0.3, 0.4) is 0 Å². The van der Waals surface area contributed by atoms with E-state index in [0.717, 1.165) is 25.2 Å². The number of halogens is 6. The van der Waals surface area contributed by atoms with E-state index in [1.165, 1.54) is 11.6 Å². The lowest BCUT2D eigenvalue weighted by atomic mass is 10.0. The number of aromatic carboxylic acids is 1. The fraction of sp³-hybridized carbons (Fsp3) is 0.333. The van der Waals surface area contributed by atoms with Crippen LogP contribution in [0.1, 0.15) is 75.3 Å². The second-order valence-electron chi connectivity index (χ2n) is 8.07. The maximum atomic E-state index is 13.2. The predicted molar refractivity (Wildman–Crippen MR) is 108 cm³/mol. The Hall–Kier alpha value is -4.04. The number of nitrogens with one attached hydrogen (secondary N) is 1. The van der Waals surface area contributed by atoms with E-state index in [-0.39, 0.29) is 29.3 Å². The molecular formula is C21H16F6N6O3. The van der Waals surface area contributed by atoms with Crippen LogP contribution in [-0.4, -0.2) is 41.7 Å². The van der Waals surface area contributed by atoms with E-state index in [1.54, 1.807) is 0 Å². The summed E-state index contributed by atoms with van der Waals surface area (Å²) in [6, 6.07) is -0.456. The minimum atomic E-state index is -5.11. The van der Waals surface area contributed by atoms with Crippen LogP contribution in [-0.2, 0) is 12.4 Å². The number of benzene rings is 1. The molecule has 1 saturated carbocycles. The highest BCUT2D eigenvalue weighted by molar-refractivity contribution is 5.95. The number of amides is 1. The molecule has 2 heterocycles. The average molecular weight is 514 g/mol. The topological polar surface area (TPSA) is 123 Å². The minimum absolute atomic E-state index is 0.0389. The average Bonchev–Trinajstić information content (AvgIpc) is 3.55. The summed E-state index contributed by atoms with van der Waals surface area (Å²) >= 11 is 0. The van der Waals surface area contributed by atoms with Crippen molar-refractivity contribution in [3.63, 3.8) is 0 Å². The standard InChI is InChI=1S/C21H16F6N6O3/c1-9(30-18(34)11-4-12(20(22,23)24)6-13(5-11)21(25,26)27)17-31-16(10-2-3-10)32-33(17)15-8-28-14(7-29-15)19(35)36/h4-10H,2-3H2,1H3,(H,30,34)(H,35,36). The largest absolute Gasteiger partial charge is 0.476 e. The maximum Gasteiger partial charge on any atom is 0.416 e. The molecule has 0 saturated heterocycles. The minimum Gasteiger partial charge on any atom is -0.476 e. The van der Waals surface area contributed by atoms with Crippen molar-refractivity contribution in [2.45, 2.75) is 44.1 Å². The summed E-state index contributed by atoms with van der Waals surface area (Å²) < 4.78 is 80.1. The van der Waals surface area contributed by atoms with Crippen LogP contribution in [0.5, 0.6) is 0 Å². The van der Waals surface area contributed by atoms with E-state index in [0.29, 0.717) is 18.0 Å². The molecule has 0 radical (unpaired) electrons. The zero-order valence-corrected chi connectivity index (χ0v) is 18.2. The van der Waals surface area contributed by atoms with Crippen molar-refractivity contribution in [1.29, 1.82) is 0 Å². The molecule has 2 N–H and O–H groups in total. The molecule has 1 aromatic carbocycles. The summed E-state index contributed by atoms with van der Waals surface area (Å²) in [5.74, 6) is -1.95. The number of hydrogen-bond acceptors (Lipinski definition) is 6. The number of nitrogens with zero attached hydrogens (tertiary/aromatic N) is 5. The fourth-order valence-corrected chi connectivity index (χ4v) is 3.28. The third-order valence-corrected chi connectivity index (χ3v) is 5.25. The van der Waals surface area contributed by atoms with E-state index in [4.69, 9.17) is 5.11 Å². The Bertz CT molecular complexity index is 1280. The third kappa shape index (κ3) is 5.28. The zero-order chi connectivity index (χ0) is 26.4. The first-order chi connectivity index (χ1) is 16.7. The van der Waals surface area contributed by atoms with Crippen molar-refractivity contribution in [3.05, 3.63) is 64.6 Å². The molecule has 1 aliphatic carbocycles. The first-order valence-corrected chi connectivity index (χ1v) is 10.4. The lowest BCUT2D eigenvalue weighted by Gasteiger charge is -2.17. The lowest BCUT2D eigenvalue weighted by molar-refractivity contribution is -0.143. The van der Waals surface area contributed by atoms with Gasteiger partial charge in [0.2, 0.25) is 0 Å². The van der Waals surface area contributed by atoms with E-state index in [1.807, 2.05) is 0 Å². The van der Waals surface area contributed by atoms with Crippen LogP contribution in [0.2, 0.25) is 0 Å². The molecule has 1 aliphatic rings. The molecule has 1 fully saturated rings. The van der Waals surface area contributed by atoms with Crippen molar-refractivity contribution < 1.29 is 41.0 Å². The Morgan fingerprint density at radius 1 is 1.03 bits per heavy atom. The first kappa shape index (κ1) is 25.1. The zero-order valence-electron chi connectivity index (χ0n) is 18.2. The summed E-state index contributed by atoms with van der Waals surface area (Å²) in [5, 5.41) is 15.7. The normalized spacial score (nSPS) is 15.0. The van der Waals surface area contributed by atoms with Gasteiger partial charge in [-0.2, -0.15) is 31.0 Å². The van der Waals surface area contributed by atoms with Crippen LogP contribution in [0.15, 0.2) is 30.6 Å². The number of aromatic nitrogens is 5. The number of carboxylic acid groups (broad SMARTS) is 1. The van der Waals surface area contributed by atoms with Crippen LogP contribution >= 0.6 is 0 Å². The number of carbonyl (C=O) groups is 2. The molecule has 4 rings (SSSR count). The highest BCUT2D eigenvalue weighted by atomic mass is 19.4. The van der Waals surface area contributed by atoms with Gasteiger partial charge in [0.1, 0.15) is 0 Å². The highest BCUT2D eigenvalue weighted by Crippen LogP contribution is 2.39. The molecule has 2 aromatic heterocycles. The van der Waals surface area contributed by atoms with Crippen molar-refractivity contribution in [1.82, 2.24) is 30.0 Å². The summed E-state index contributed by atoms with van der Waals surface area (Å²) in [6.07, 6.45) is -6.53. The van der Waals surface area contributed by atoms with Crippen LogP contribution in [0.25, 0.3) is 5.82 Å². The number of carboxylic acids is 1. The molecule has 190 valence electrons. The van der Waals surface area contributed by atoms with Crippen molar-refractivity contribution >= 4 is 11.9 Å². The van der Waals surface area contributed by atoms with E-state index < -0.39 is 47.0 Å². The molecule has 3 aromatic rings. The van der Waals surface area contributed by atoms with Crippen molar-refractivity contribution in [2.75, 3.05) is 0 Å². The Morgan fingerprint density at radius 2 is 1.64 bits per heavy atom. The third-order valence-electron chi connectivity index (χ3n) is 5.25. The van der Waals surface area contributed by atoms with Gasteiger partial charge < -0.3 is 10.4 Å². The van der Waals surface area contributed by atoms with Crippen LogP contribution in [0.4, 0.5) is 26.3 Å². The van der Waals surface area contributed by atoms with Gasteiger partial charge in [-0.1, -0.05) is 0 Å². The monoisotopic (exact) mass is 514 g/mol. The molecule has 0 bridgehead atoms. The van der Waals surface area contributed by atoms with Gasteiger partial charge in [0.15, 0.2) is 23.2 Å². The quantitative estimate of drug-likeness (QED) is 0.474. The van der Waals surface area contributed by atoms with E-state index in [9.17, 15) is 35.9 Å².